The van der Waals surface area contributed by atoms with Crippen molar-refractivity contribution in [2.75, 3.05) is 6.54 Å². The Hall–Kier alpha value is -1.18. The lowest BCUT2D eigenvalue weighted by Crippen LogP contribution is -2.28. The largest absolute Gasteiger partial charge is 0.481 e. The molecule has 1 fully saturated rings. The minimum atomic E-state index is -3.72. The molecule has 2 N–H and O–H groups in total. The van der Waals surface area contributed by atoms with Crippen molar-refractivity contribution in [3.8, 4) is 0 Å². The molecule has 0 bridgehead atoms. The van der Waals surface area contributed by atoms with Gasteiger partial charge in [0.25, 0.3) is 0 Å². The Kier molecular flexibility index (Phi) is 4.31. The molecule has 0 heterocycles. The summed E-state index contributed by atoms with van der Waals surface area (Å²) in [5.74, 6) is -2.76. The Morgan fingerprint density at radius 1 is 1.50 bits per heavy atom. The number of carboxylic acids is 1. The van der Waals surface area contributed by atoms with Gasteiger partial charge < -0.3 is 5.11 Å². The van der Waals surface area contributed by atoms with E-state index in [0.29, 0.717) is 6.42 Å². The smallest absolute Gasteiger partial charge is 0.306 e. The Bertz CT molecular complexity index is 634. The van der Waals surface area contributed by atoms with Crippen LogP contribution in [0.2, 0.25) is 5.02 Å². The van der Waals surface area contributed by atoms with Crippen LogP contribution in [0.15, 0.2) is 18.2 Å². The number of carboxylic acid groups (broad SMARTS) is 1. The summed E-state index contributed by atoms with van der Waals surface area (Å²) >= 11 is 5.69. The number of hydrogen-bond donors (Lipinski definition) is 2. The number of halogens is 2. The second-order valence-corrected chi connectivity index (χ2v) is 7.03. The van der Waals surface area contributed by atoms with Crippen LogP contribution in [-0.2, 0) is 20.6 Å². The molecule has 2 rings (SSSR count). The minimum Gasteiger partial charge on any atom is -0.481 e. The molecule has 5 nitrogen and oxygen atoms in total. The van der Waals surface area contributed by atoms with Gasteiger partial charge in [-0.2, -0.15) is 0 Å². The fraction of sp³-hybridized carbons (Fsp3) is 0.417. The van der Waals surface area contributed by atoms with Crippen molar-refractivity contribution in [1.29, 1.82) is 0 Å². The van der Waals surface area contributed by atoms with E-state index in [2.05, 4.69) is 4.72 Å². The molecule has 0 radical (unpaired) electrons. The molecule has 1 aromatic carbocycles. The molecule has 0 spiro atoms. The van der Waals surface area contributed by atoms with E-state index >= 15 is 0 Å². The van der Waals surface area contributed by atoms with Crippen LogP contribution >= 0.6 is 11.6 Å². The molecule has 2 atom stereocenters. The Morgan fingerprint density at radius 3 is 2.80 bits per heavy atom. The molecule has 0 aliphatic heterocycles. The van der Waals surface area contributed by atoms with E-state index in [1.165, 1.54) is 12.1 Å². The topological polar surface area (TPSA) is 83.5 Å². The quantitative estimate of drug-likeness (QED) is 0.834. The van der Waals surface area contributed by atoms with Gasteiger partial charge in [0.2, 0.25) is 10.0 Å². The van der Waals surface area contributed by atoms with Crippen molar-refractivity contribution in [3.63, 3.8) is 0 Å². The zero-order chi connectivity index (χ0) is 14.9. The lowest BCUT2D eigenvalue weighted by atomic mass is 10.2. The van der Waals surface area contributed by atoms with E-state index in [9.17, 15) is 17.6 Å². The highest BCUT2D eigenvalue weighted by molar-refractivity contribution is 7.88. The molecule has 0 aromatic heterocycles. The van der Waals surface area contributed by atoms with Gasteiger partial charge in [0.15, 0.2) is 0 Å². The van der Waals surface area contributed by atoms with Gasteiger partial charge in [0, 0.05) is 17.1 Å². The zero-order valence-corrected chi connectivity index (χ0v) is 11.9. The fourth-order valence-electron chi connectivity index (χ4n) is 1.92. The van der Waals surface area contributed by atoms with E-state index in [1.807, 2.05) is 0 Å². The third kappa shape index (κ3) is 3.91. The third-order valence-corrected chi connectivity index (χ3v) is 4.69. The predicted molar refractivity (Wildman–Crippen MR) is 71.3 cm³/mol. The van der Waals surface area contributed by atoms with E-state index in [0.717, 1.165) is 6.07 Å². The SMILES string of the molecule is O=C(O)[C@@H]1C[C@H]1CNS(=O)(=O)Cc1cc(Cl)ccc1F. The van der Waals surface area contributed by atoms with Crippen molar-refractivity contribution in [2.45, 2.75) is 12.2 Å². The first-order valence-electron chi connectivity index (χ1n) is 5.92. The standard InChI is InChI=1S/C12H13ClFNO4S/c13-9-1-2-11(14)8(3-9)6-20(18,19)15-5-7-4-10(7)12(16)17/h1-3,7,10,15H,4-6H2,(H,16,17)/t7-,10+/m0/s1. The maximum Gasteiger partial charge on any atom is 0.306 e. The monoisotopic (exact) mass is 321 g/mol. The van der Waals surface area contributed by atoms with Gasteiger partial charge in [-0.25, -0.2) is 17.5 Å². The highest BCUT2D eigenvalue weighted by atomic mass is 35.5. The average Bonchev–Trinajstić information content (AvgIpc) is 3.11. The maximum absolute atomic E-state index is 13.5. The van der Waals surface area contributed by atoms with Crippen molar-refractivity contribution in [1.82, 2.24) is 4.72 Å². The molecule has 0 unspecified atom stereocenters. The lowest BCUT2D eigenvalue weighted by molar-refractivity contribution is -0.138. The molecule has 1 saturated carbocycles. The summed E-state index contributed by atoms with van der Waals surface area (Å²) in [6.07, 6.45) is 0.462. The number of carbonyl (C=O) groups is 1. The van der Waals surface area contributed by atoms with Gasteiger partial charge in [-0.05, 0) is 30.5 Å². The molecule has 0 saturated heterocycles. The number of nitrogens with one attached hydrogen (secondary N) is 1. The average molecular weight is 322 g/mol. The van der Waals surface area contributed by atoms with Crippen LogP contribution in [-0.4, -0.2) is 26.0 Å². The molecular weight excluding hydrogens is 309 g/mol. The van der Waals surface area contributed by atoms with Gasteiger partial charge in [-0.15, -0.1) is 0 Å². The number of benzene rings is 1. The summed E-state index contributed by atoms with van der Waals surface area (Å²) in [6.45, 7) is 0.0570. The van der Waals surface area contributed by atoms with Gasteiger partial charge >= 0.3 is 5.97 Å². The zero-order valence-electron chi connectivity index (χ0n) is 10.3. The Labute approximate surface area is 120 Å². The minimum absolute atomic E-state index is 0.0180. The van der Waals surface area contributed by atoms with Crippen LogP contribution in [0.25, 0.3) is 0 Å². The molecule has 0 amide bonds. The summed E-state index contributed by atoms with van der Waals surface area (Å²) in [7, 11) is -3.72. The van der Waals surface area contributed by atoms with Crippen molar-refractivity contribution < 1.29 is 22.7 Å². The normalized spacial score (nSPS) is 21.7. The third-order valence-electron chi connectivity index (χ3n) is 3.16. The summed E-state index contributed by atoms with van der Waals surface area (Å²) in [5.41, 5.74) is -0.0180. The highest BCUT2D eigenvalue weighted by Gasteiger charge is 2.43. The van der Waals surface area contributed by atoms with Crippen LogP contribution in [0.1, 0.15) is 12.0 Å². The van der Waals surface area contributed by atoms with Crippen LogP contribution in [0.4, 0.5) is 4.39 Å². The molecule has 110 valence electrons. The van der Waals surface area contributed by atoms with Crippen molar-refractivity contribution in [2.24, 2.45) is 11.8 Å². The lowest BCUT2D eigenvalue weighted by Gasteiger charge is -2.07. The van der Waals surface area contributed by atoms with Crippen LogP contribution in [0, 0.1) is 17.7 Å². The Morgan fingerprint density at radius 2 is 2.20 bits per heavy atom. The van der Waals surface area contributed by atoms with Gasteiger partial charge in [0.1, 0.15) is 5.82 Å². The van der Waals surface area contributed by atoms with E-state index in [-0.39, 0.29) is 23.0 Å². The van der Waals surface area contributed by atoms with Gasteiger partial charge in [-0.1, -0.05) is 11.6 Å². The highest BCUT2D eigenvalue weighted by Crippen LogP contribution is 2.38. The molecule has 1 aliphatic carbocycles. The maximum atomic E-state index is 13.5. The van der Waals surface area contributed by atoms with Gasteiger partial charge in [-0.3, -0.25) is 4.79 Å². The number of aliphatic carboxylic acids is 1. The first-order chi connectivity index (χ1) is 9.28. The predicted octanol–water partition coefficient (Wildman–Crippen LogP) is 1.62. The Balaban J connectivity index is 1.94. The summed E-state index contributed by atoms with van der Waals surface area (Å²) < 4.78 is 39.4. The number of sulfonamides is 1. The van der Waals surface area contributed by atoms with E-state index < -0.39 is 33.5 Å². The molecular formula is C12H13ClFNO4S. The number of hydrogen-bond acceptors (Lipinski definition) is 3. The first kappa shape index (κ1) is 15.2. The molecule has 8 heteroatoms. The summed E-state index contributed by atoms with van der Waals surface area (Å²) in [6, 6.07) is 3.70. The second kappa shape index (κ2) is 5.67. The summed E-state index contributed by atoms with van der Waals surface area (Å²) in [4.78, 5) is 10.6. The van der Waals surface area contributed by atoms with Crippen LogP contribution in [0.5, 0.6) is 0 Å². The second-order valence-electron chi connectivity index (χ2n) is 4.78. The van der Waals surface area contributed by atoms with Crippen LogP contribution < -0.4 is 4.72 Å². The molecule has 20 heavy (non-hydrogen) atoms. The fourth-order valence-corrected chi connectivity index (χ4v) is 3.31. The first-order valence-corrected chi connectivity index (χ1v) is 7.95. The molecule has 1 aromatic rings. The van der Waals surface area contributed by atoms with Crippen LogP contribution in [0.3, 0.4) is 0 Å². The van der Waals surface area contributed by atoms with Crippen molar-refractivity contribution in [3.05, 3.63) is 34.6 Å². The van der Waals surface area contributed by atoms with E-state index in [1.54, 1.807) is 0 Å². The van der Waals surface area contributed by atoms with Crippen molar-refractivity contribution >= 4 is 27.6 Å². The number of rotatable bonds is 6. The van der Waals surface area contributed by atoms with E-state index in [4.69, 9.17) is 16.7 Å². The van der Waals surface area contributed by atoms with Gasteiger partial charge in [0.05, 0.1) is 11.7 Å². The summed E-state index contributed by atoms with van der Waals surface area (Å²) in [5, 5.41) is 8.97. The molecule has 1 aliphatic rings.